The van der Waals surface area contributed by atoms with Gasteiger partial charge >= 0.3 is 0 Å². The highest BCUT2D eigenvalue weighted by molar-refractivity contribution is 7.99. The molecule has 0 bridgehead atoms. The van der Waals surface area contributed by atoms with Crippen molar-refractivity contribution >= 4 is 11.8 Å². The summed E-state index contributed by atoms with van der Waals surface area (Å²) in [6, 6.07) is 8.40. The van der Waals surface area contributed by atoms with Gasteiger partial charge in [0.15, 0.2) is 0 Å². The van der Waals surface area contributed by atoms with E-state index in [0.29, 0.717) is 0 Å². The molecule has 0 amide bonds. The first-order valence-electron chi connectivity index (χ1n) is 6.31. The van der Waals surface area contributed by atoms with E-state index in [1.165, 1.54) is 10.5 Å². The molecule has 0 aliphatic carbocycles. The third-order valence-electron chi connectivity index (χ3n) is 2.54. The van der Waals surface area contributed by atoms with E-state index in [9.17, 15) is 0 Å². The van der Waals surface area contributed by atoms with Crippen molar-refractivity contribution in [1.82, 2.24) is 15.3 Å². The van der Waals surface area contributed by atoms with Gasteiger partial charge in [0.1, 0.15) is 5.03 Å². The number of nitrogens with one attached hydrogen (secondary N) is 1. The number of benzene rings is 1. The van der Waals surface area contributed by atoms with Crippen molar-refractivity contribution in [2.75, 3.05) is 0 Å². The number of aromatic nitrogens is 2. The van der Waals surface area contributed by atoms with Gasteiger partial charge in [-0.25, -0.2) is 4.98 Å². The zero-order valence-corrected chi connectivity index (χ0v) is 12.4. The molecular weight excluding hydrogens is 254 g/mol. The van der Waals surface area contributed by atoms with Gasteiger partial charge in [-0.15, -0.1) is 0 Å². The Morgan fingerprint density at radius 3 is 2.63 bits per heavy atom. The molecule has 2 aromatic rings. The fraction of sp³-hybridized carbons (Fsp3) is 0.333. The molecule has 0 aliphatic heterocycles. The van der Waals surface area contributed by atoms with Crippen LogP contribution in [0, 0.1) is 0 Å². The number of hydrogen-bond acceptors (Lipinski definition) is 4. The van der Waals surface area contributed by atoms with Crippen molar-refractivity contribution in [2.24, 2.45) is 0 Å². The summed E-state index contributed by atoms with van der Waals surface area (Å²) >= 11 is 1.65. The van der Waals surface area contributed by atoms with Crippen LogP contribution in [0.5, 0.6) is 0 Å². The molecule has 100 valence electrons. The van der Waals surface area contributed by atoms with Crippen LogP contribution in [-0.4, -0.2) is 15.5 Å². The molecule has 0 radical (unpaired) electrons. The smallest absolute Gasteiger partial charge is 0.119 e. The van der Waals surface area contributed by atoms with E-state index in [-0.39, 0.29) is 5.54 Å². The highest BCUT2D eigenvalue weighted by atomic mass is 32.2. The van der Waals surface area contributed by atoms with Gasteiger partial charge in [-0.1, -0.05) is 30.0 Å². The summed E-state index contributed by atoms with van der Waals surface area (Å²) < 4.78 is 0. The minimum atomic E-state index is 0.115. The van der Waals surface area contributed by atoms with Crippen LogP contribution in [0.2, 0.25) is 0 Å². The predicted molar refractivity (Wildman–Crippen MR) is 79.2 cm³/mol. The molecule has 0 unspecified atom stereocenters. The maximum Gasteiger partial charge on any atom is 0.119 e. The molecule has 0 saturated heterocycles. The predicted octanol–water partition coefficient (Wildman–Crippen LogP) is 3.52. The average Bonchev–Trinajstić information content (AvgIpc) is 2.38. The molecule has 0 fully saturated rings. The van der Waals surface area contributed by atoms with Gasteiger partial charge in [-0.2, -0.15) is 0 Å². The Kier molecular flexibility index (Phi) is 4.56. The van der Waals surface area contributed by atoms with Crippen molar-refractivity contribution in [3.63, 3.8) is 0 Å². The zero-order chi connectivity index (χ0) is 13.7. The quantitative estimate of drug-likeness (QED) is 0.925. The molecule has 1 aromatic heterocycles. The summed E-state index contributed by atoms with van der Waals surface area (Å²) in [5, 5.41) is 4.44. The Morgan fingerprint density at radius 2 is 1.95 bits per heavy atom. The maximum absolute atomic E-state index is 4.30. The summed E-state index contributed by atoms with van der Waals surface area (Å²) in [4.78, 5) is 9.62. The fourth-order valence-electron chi connectivity index (χ4n) is 1.56. The second kappa shape index (κ2) is 6.17. The molecule has 0 aliphatic rings. The van der Waals surface area contributed by atoms with E-state index in [1.54, 1.807) is 30.4 Å². The summed E-state index contributed by atoms with van der Waals surface area (Å²) in [5.74, 6) is 0. The lowest BCUT2D eigenvalue weighted by molar-refractivity contribution is 0.422. The van der Waals surface area contributed by atoms with Crippen molar-refractivity contribution in [2.45, 2.75) is 42.8 Å². The van der Waals surface area contributed by atoms with Crippen LogP contribution in [0.4, 0.5) is 0 Å². The lowest BCUT2D eigenvalue weighted by Gasteiger charge is -2.21. The van der Waals surface area contributed by atoms with Crippen molar-refractivity contribution in [3.8, 4) is 0 Å². The molecular formula is C15H19N3S. The van der Waals surface area contributed by atoms with Crippen LogP contribution >= 0.6 is 11.8 Å². The maximum atomic E-state index is 4.30. The molecule has 0 spiro atoms. The molecule has 0 saturated carbocycles. The van der Waals surface area contributed by atoms with Crippen LogP contribution < -0.4 is 5.32 Å². The minimum absolute atomic E-state index is 0.115. The molecule has 4 heteroatoms. The van der Waals surface area contributed by atoms with E-state index >= 15 is 0 Å². The van der Waals surface area contributed by atoms with Gasteiger partial charge < -0.3 is 5.32 Å². The minimum Gasteiger partial charge on any atom is -0.308 e. The van der Waals surface area contributed by atoms with Gasteiger partial charge in [0.25, 0.3) is 0 Å². The monoisotopic (exact) mass is 273 g/mol. The van der Waals surface area contributed by atoms with Crippen LogP contribution in [0.25, 0.3) is 0 Å². The SMILES string of the molecule is CC(C)(C)NCc1ccccc1Sc1cnccn1. The number of nitrogens with zero attached hydrogens (tertiary/aromatic N) is 2. The summed E-state index contributed by atoms with van der Waals surface area (Å²) in [7, 11) is 0. The fourth-order valence-corrected chi connectivity index (χ4v) is 2.43. The van der Waals surface area contributed by atoms with Gasteiger partial charge in [0.2, 0.25) is 0 Å². The number of rotatable bonds is 4. The van der Waals surface area contributed by atoms with Gasteiger partial charge in [-0.3, -0.25) is 4.98 Å². The highest BCUT2D eigenvalue weighted by Crippen LogP contribution is 2.28. The Bertz CT molecular complexity index is 520. The second-order valence-corrected chi connectivity index (χ2v) is 6.42. The van der Waals surface area contributed by atoms with Gasteiger partial charge in [-0.05, 0) is 32.4 Å². The van der Waals surface area contributed by atoms with Crippen molar-refractivity contribution < 1.29 is 0 Å². The third kappa shape index (κ3) is 4.65. The first kappa shape index (κ1) is 14.0. The first-order valence-corrected chi connectivity index (χ1v) is 7.13. The van der Waals surface area contributed by atoms with Crippen LogP contribution in [-0.2, 0) is 6.54 Å². The second-order valence-electron chi connectivity index (χ2n) is 5.36. The van der Waals surface area contributed by atoms with Gasteiger partial charge in [0, 0.05) is 29.4 Å². The Labute approximate surface area is 118 Å². The first-order chi connectivity index (χ1) is 9.04. The lowest BCUT2D eigenvalue weighted by Crippen LogP contribution is -2.35. The Morgan fingerprint density at radius 1 is 1.16 bits per heavy atom. The summed E-state index contributed by atoms with van der Waals surface area (Å²) in [5.41, 5.74) is 1.40. The van der Waals surface area contributed by atoms with Crippen molar-refractivity contribution in [3.05, 3.63) is 48.4 Å². The molecule has 0 atom stereocenters. The summed E-state index contributed by atoms with van der Waals surface area (Å²) in [6.07, 6.45) is 5.20. The average molecular weight is 273 g/mol. The Hall–Kier alpha value is -1.39. The Balaban J connectivity index is 2.12. The molecule has 1 N–H and O–H groups in total. The molecule has 3 nitrogen and oxygen atoms in total. The topological polar surface area (TPSA) is 37.8 Å². The van der Waals surface area contributed by atoms with Crippen LogP contribution in [0.3, 0.4) is 0 Å². The van der Waals surface area contributed by atoms with E-state index in [2.05, 4.69) is 60.3 Å². The molecule has 1 heterocycles. The largest absolute Gasteiger partial charge is 0.308 e. The zero-order valence-electron chi connectivity index (χ0n) is 11.6. The van der Waals surface area contributed by atoms with Gasteiger partial charge in [0.05, 0.1) is 6.20 Å². The van der Waals surface area contributed by atoms with Crippen LogP contribution in [0.1, 0.15) is 26.3 Å². The summed E-state index contributed by atoms with van der Waals surface area (Å²) in [6.45, 7) is 7.37. The molecule has 1 aromatic carbocycles. The third-order valence-corrected chi connectivity index (χ3v) is 3.57. The van der Waals surface area contributed by atoms with Crippen molar-refractivity contribution in [1.29, 1.82) is 0 Å². The van der Waals surface area contributed by atoms with E-state index in [4.69, 9.17) is 0 Å². The van der Waals surface area contributed by atoms with E-state index in [1.807, 2.05) is 0 Å². The lowest BCUT2D eigenvalue weighted by atomic mass is 10.1. The normalized spacial score (nSPS) is 11.5. The van der Waals surface area contributed by atoms with E-state index in [0.717, 1.165) is 11.6 Å². The molecule has 19 heavy (non-hydrogen) atoms. The van der Waals surface area contributed by atoms with Crippen LogP contribution in [0.15, 0.2) is 52.8 Å². The van der Waals surface area contributed by atoms with E-state index < -0.39 is 0 Å². The number of hydrogen-bond donors (Lipinski definition) is 1. The standard InChI is InChI=1S/C15H19N3S/c1-15(2,3)18-10-12-6-4-5-7-13(12)19-14-11-16-8-9-17-14/h4-9,11,18H,10H2,1-3H3. The molecule has 2 rings (SSSR count). The highest BCUT2D eigenvalue weighted by Gasteiger charge is 2.11.